The van der Waals surface area contributed by atoms with E-state index in [1.165, 1.54) is 32.1 Å². The van der Waals surface area contributed by atoms with Crippen LogP contribution in [0.15, 0.2) is 18.2 Å². The van der Waals surface area contributed by atoms with Crippen LogP contribution in [0.1, 0.15) is 50.2 Å². The van der Waals surface area contributed by atoms with Gasteiger partial charge in [0.1, 0.15) is 5.82 Å². The van der Waals surface area contributed by atoms with Crippen LogP contribution >= 0.6 is 0 Å². The molecule has 0 saturated heterocycles. The SMILES string of the molecule is CCC1CCCCC1NCc1ccc(C)c(F)c1. The molecule has 2 rings (SSSR count). The molecule has 1 nitrogen and oxygen atoms in total. The molecule has 0 aromatic heterocycles. The highest BCUT2D eigenvalue weighted by Crippen LogP contribution is 2.27. The zero-order chi connectivity index (χ0) is 13.0. The van der Waals surface area contributed by atoms with E-state index in [9.17, 15) is 4.39 Å². The molecule has 1 N–H and O–H groups in total. The number of nitrogens with one attached hydrogen (secondary N) is 1. The lowest BCUT2D eigenvalue weighted by molar-refractivity contribution is 0.254. The summed E-state index contributed by atoms with van der Waals surface area (Å²) in [6, 6.07) is 6.17. The van der Waals surface area contributed by atoms with Gasteiger partial charge in [0, 0.05) is 12.6 Å². The van der Waals surface area contributed by atoms with E-state index in [-0.39, 0.29) is 5.82 Å². The molecule has 0 radical (unpaired) electrons. The van der Waals surface area contributed by atoms with Gasteiger partial charge in [0.15, 0.2) is 0 Å². The van der Waals surface area contributed by atoms with Crippen LogP contribution in [-0.4, -0.2) is 6.04 Å². The maximum Gasteiger partial charge on any atom is 0.126 e. The lowest BCUT2D eigenvalue weighted by atomic mass is 9.83. The Morgan fingerprint density at radius 2 is 2.06 bits per heavy atom. The van der Waals surface area contributed by atoms with E-state index in [0.717, 1.165) is 23.6 Å². The fourth-order valence-corrected chi connectivity index (χ4v) is 2.96. The minimum atomic E-state index is -0.0926. The molecule has 0 bridgehead atoms. The van der Waals surface area contributed by atoms with E-state index in [1.807, 2.05) is 12.1 Å². The summed E-state index contributed by atoms with van der Waals surface area (Å²) >= 11 is 0. The topological polar surface area (TPSA) is 12.0 Å². The third kappa shape index (κ3) is 3.32. The van der Waals surface area contributed by atoms with E-state index >= 15 is 0 Å². The summed E-state index contributed by atoms with van der Waals surface area (Å²) in [7, 11) is 0. The van der Waals surface area contributed by atoms with Gasteiger partial charge < -0.3 is 5.32 Å². The molecule has 18 heavy (non-hydrogen) atoms. The summed E-state index contributed by atoms with van der Waals surface area (Å²) in [4.78, 5) is 0. The quantitative estimate of drug-likeness (QED) is 0.843. The molecule has 0 amide bonds. The Morgan fingerprint density at radius 1 is 1.28 bits per heavy atom. The number of halogens is 1. The summed E-state index contributed by atoms with van der Waals surface area (Å²) in [6.07, 6.45) is 6.56. The van der Waals surface area contributed by atoms with Gasteiger partial charge in [0.25, 0.3) is 0 Å². The Kier molecular flexibility index (Phi) is 4.76. The highest BCUT2D eigenvalue weighted by atomic mass is 19.1. The van der Waals surface area contributed by atoms with Crippen molar-refractivity contribution in [2.24, 2.45) is 5.92 Å². The first kappa shape index (κ1) is 13.5. The zero-order valence-corrected chi connectivity index (χ0v) is 11.5. The van der Waals surface area contributed by atoms with E-state index < -0.39 is 0 Å². The number of benzene rings is 1. The Bertz CT molecular complexity index is 389. The van der Waals surface area contributed by atoms with Crippen molar-refractivity contribution in [1.29, 1.82) is 0 Å². The van der Waals surface area contributed by atoms with Crippen LogP contribution in [0.2, 0.25) is 0 Å². The van der Waals surface area contributed by atoms with E-state index in [0.29, 0.717) is 6.04 Å². The fourth-order valence-electron chi connectivity index (χ4n) is 2.96. The summed E-state index contributed by atoms with van der Waals surface area (Å²) in [6.45, 7) is 4.87. The fraction of sp³-hybridized carbons (Fsp3) is 0.625. The smallest absolute Gasteiger partial charge is 0.126 e. The lowest BCUT2D eigenvalue weighted by Crippen LogP contribution is -2.37. The Hall–Kier alpha value is -0.890. The maximum atomic E-state index is 13.5. The molecule has 2 atom stereocenters. The van der Waals surface area contributed by atoms with Crippen LogP contribution in [0.25, 0.3) is 0 Å². The minimum absolute atomic E-state index is 0.0926. The molecular weight excluding hydrogens is 225 g/mol. The molecule has 0 heterocycles. The second-order valence-corrected chi connectivity index (χ2v) is 5.52. The standard InChI is InChI=1S/C16H24FN/c1-3-14-6-4-5-7-16(14)18-11-13-9-8-12(2)15(17)10-13/h8-10,14,16,18H,3-7,11H2,1-2H3. The van der Waals surface area contributed by atoms with Crippen molar-refractivity contribution in [3.8, 4) is 0 Å². The van der Waals surface area contributed by atoms with Gasteiger partial charge in [-0.15, -0.1) is 0 Å². The van der Waals surface area contributed by atoms with E-state index in [1.54, 1.807) is 13.0 Å². The minimum Gasteiger partial charge on any atom is -0.310 e. The van der Waals surface area contributed by atoms with Crippen molar-refractivity contribution in [3.63, 3.8) is 0 Å². The predicted molar refractivity (Wildman–Crippen MR) is 74.0 cm³/mol. The summed E-state index contributed by atoms with van der Waals surface area (Å²) in [5.41, 5.74) is 1.78. The van der Waals surface area contributed by atoms with Crippen LogP contribution in [0.5, 0.6) is 0 Å². The average Bonchev–Trinajstić information content (AvgIpc) is 2.40. The molecule has 1 aromatic rings. The summed E-state index contributed by atoms with van der Waals surface area (Å²) in [5.74, 6) is 0.707. The van der Waals surface area contributed by atoms with Crippen molar-refractivity contribution in [3.05, 3.63) is 35.1 Å². The second kappa shape index (κ2) is 6.33. The highest BCUT2D eigenvalue weighted by molar-refractivity contribution is 5.23. The van der Waals surface area contributed by atoms with Crippen molar-refractivity contribution in [1.82, 2.24) is 5.32 Å². The van der Waals surface area contributed by atoms with E-state index in [2.05, 4.69) is 12.2 Å². The van der Waals surface area contributed by atoms with Gasteiger partial charge in [-0.05, 0) is 42.9 Å². The highest BCUT2D eigenvalue weighted by Gasteiger charge is 2.22. The summed E-state index contributed by atoms with van der Waals surface area (Å²) in [5, 5.41) is 3.62. The molecular formula is C16H24FN. The van der Waals surface area contributed by atoms with Crippen molar-refractivity contribution in [2.45, 2.75) is 58.5 Å². The molecule has 2 heteroatoms. The van der Waals surface area contributed by atoms with Gasteiger partial charge in [-0.2, -0.15) is 0 Å². The maximum absolute atomic E-state index is 13.5. The van der Waals surface area contributed by atoms with Crippen molar-refractivity contribution < 1.29 is 4.39 Å². The van der Waals surface area contributed by atoms with Gasteiger partial charge in [-0.3, -0.25) is 0 Å². The molecule has 2 unspecified atom stereocenters. The first-order valence-corrected chi connectivity index (χ1v) is 7.19. The van der Waals surface area contributed by atoms with Crippen molar-refractivity contribution in [2.75, 3.05) is 0 Å². The van der Waals surface area contributed by atoms with Gasteiger partial charge in [0.2, 0.25) is 0 Å². The molecule has 1 aromatic carbocycles. The molecule has 1 fully saturated rings. The number of rotatable bonds is 4. The lowest BCUT2D eigenvalue weighted by Gasteiger charge is -2.31. The normalized spacial score (nSPS) is 24.2. The number of aryl methyl sites for hydroxylation is 1. The van der Waals surface area contributed by atoms with Gasteiger partial charge >= 0.3 is 0 Å². The zero-order valence-electron chi connectivity index (χ0n) is 11.5. The summed E-state index contributed by atoms with van der Waals surface area (Å²) < 4.78 is 13.5. The van der Waals surface area contributed by atoms with E-state index in [4.69, 9.17) is 0 Å². The van der Waals surface area contributed by atoms with Crippen LogP contribution < -0.4 is 5.32 Å². The first-order valence-electron chi connectivity index (χ1n) is 7.19. The average molecular weight is 249 g/mol. The molecule has 0 spiro atoms. The number of hydrogen-bond acceptors (Lipinski definition) is 1. The first-order chi connectivity index (χ1) is 8.70. The third-order valence-corrected chi connectivity index (χ3v) is 4.24. The monoisotopic (exact) mass is 249 g/mol. The van der Waals surface area contributed by atoms with Crippen LogP contribution in [0.4, 0.5) is 4.39 Å². The largest absolute Gasteiger partial charge is 0.310 e. The second-order valence-electron chi connectivity index (χ2n) is 5.52. The molecule has 1 aliphatic rings. The Morgan fingerprint density at radius 3 is 2.78 bits per heavy atom. The molecule has 1 aliphatic carbocycles. The molecule has 100 valence electrons. The van der Waals surface area contributed by atoms with Gasteiger partial charge in [-0.25, -0.2) is 4.39 Å². The van der Waals surface area contributed by atoms with Crippen LogP contribution in [-0.2, 0) is 6.54 Å². The van der Waals surface area contributed by atoms with Crippen LogP contribution in [0.3, 0.4) is 0 Å². The third-order valence-electron chi connectivity index (χ3n) is 4.24. The van der Waals surface area contributed by atoms with Crippen molar-refractivity contribution >= 4 is 0 Å². The Labute approximate surface area is 110 Å². The van der Waals surface area contributed by atoms with Gasteiger partial charge in [0.05, 0.1) is 0 Å². The van der Waals surface area contributed by atoms with Gasteiger partial charge in [-0.1, -0.05) is 38.3 Å². The number of hydrogen-bond donors (Lipinski definition) is 1. The predicted octanol–water partition coefficient (Wildman–Crippen LogP) is 4.19. The molecule has 0 aliphatic heterocycles. The van der Waals surface area contributed by atoms with Crippen LogP contribution in [0, 0.1) is 18.7 Å². The molecule has 1 saturated carbocycles. The Balaban J connectivity index is 1.91.